The van der Waals surface area contributed by atoms with Crippen LogP contribution in [0.5, 0.6) is 0 Å². The summed E-state index contributed by atoms with van der Waals surface area (Å²) in [6, 6.07) is 9.12. The topological polar surface area (TPSA) is 59.2 Å². The SMILES string of the molecule is Cc1ncsc1C(=O)N(N)c1ccccc1. The second kappa shape index (κ2) is 4.42. The standard InChI is InChI=1S/C11H11N3OS/c1-8-10(16-7-13-8)11(15)14(12)9-5-3-2-4-6-9/h2-7H,12H2,1H3. The number of benzene rings is 1. The molecule has 82 valence electrons. The molecule has 2 rings (SSSR count). The van der Waals surface area contributed by atoms with Crippen molar-refractivity contribution in [3.8, 4) is 0 Å². The van der Waals surface area contributed by atoms with Crippen LogP contribution in [0.2, 0.25) is 0 Å². The Morgan fingerprint density at radius 1 is 1.38 bits per heavy atom. The molecular weight excluding hydrogens is 222 g/mol. The van der Waals surface area contributed by atoms with Crippen molar-refractivity contribution in [3.63, 3.8) is 0 Å². The highest BCUT2D eigenvalue weighted by Gasteiger charge is 2.17. The molecule has 0 saturated carbocycles. The number of thiazole rings is 1. The van der Waals surface area contributed by atoms with Crippen LogP contribution in [0.15, 0.2) is 35.8 Å². The van der Waals surface area contributed by atoms with Gasteiger partial charge < -0.3 is 0 Å². The van der Waals surface area contributed by atoms with Gasteiger partial charge in [-0.2, -0.15) is 0 Å². The fraction of sp³-hybridized carbons (Fsp3) is 0.0909. The highest BCUT2D eigenvalue weighted by Crippen LogP contribution is 2.18. The molecule has 2 N–H and O–H groups in total. The van der Waals surface area contributed by atoms with Crippen molar-refractivity contribution in [3.05, 3.63) is 46.4 Å². The lowest BCUT2D eigenvalue weighted by molar-refractivity contribution is 0.0990. The quantitative estimate of drug-likeness (QED) is 0.490. The molecule has 0 fully saturated rings. The number of carbonyl (C=O) groups is 1. The molecular formula is C11H11N3OS. The van der Waals surface area contributed by atoms with Crippen LogP contribution in [0, 0.1) is 6.92 Å². The molecule has 0 saturated heterocycles. The van der Waals surface area contributed by atoms with Crippen LogP contribution >= 0.6 is 11.3 Å². The van der Waals surface area contributed by atoms with Crippen LogP contribution < -0.4 is 10.9 Å². The van der Waals surface area contributed by atoms with Gasteiger partial charge >= 0.3 is 0 Å². The van der Waals surface area contributed by atoms with E-state index in [0.717, 1.165) is 5.01 Å². The zero-order chi connectivity index (χ0) is 11.5. The first kappa shape index (κ1) is 10.8. The Balaban J connectivity index is 2.27. The summed E-state index contributed by atoms with van der Waals surface area (Å²) in [5.41, 5.74) is 3.02. The number of nitrogens with two attached hydrogens (primary N) is 1. The maximum atomic E-state index is 12.0. The second-order valence-electron chi connectivity index (χ2n) is 3.28. The first-order valence-corrected chi connectivity index (χ1v) is 5.62. The predicted octanol–water partition coefficient (Wildman–Crippen LogP) is 1.97. The smallest absolute Gasteiger partial charge is 0.266 e. The molecule has 0 atom stereocenters. The third kappa shape index (κ3) is 1.95. The Hall–Kier alpha value is -1.72. The normalized spacial score (nSPS) is 10.1. The van der Waals surface area contributed by atoms with Gasteiger partial charge in [-0.25, -0.2) is 15.8 Å². The molecule has 1 amide bonds. The van der Waals surface area contributed by atoms with E-state index in [-0.39, 0.29) is 5.91 Å². The van der Waals surface area contributed by atoms with E-state index in [4.69, 9.17) is 5.84 Å². The minimum atomic E-state index is -0.230. The van der Waals surface area contributed by atoms with Crippen molar-refractivity contribution in [1.82, 2.24) is 4.98 Å². The van der Waals surface area contributed by atoms with E-state index in [9.17, 15) is 4.79 Å². The number of anilines is 1. The molecule has 0 aliphatic heterocycles. The number of hydrogen-bond donors (Lipinski definition) is 1. The van der Waals surface area contributed by atoms with Crippen molar-refractivity contribution in [1.29, 1.82) is 0 Å². The summed E-state index contributed by atoms with van der Waals surface area (Å²) in [7, 11) is 0. The highest BCUT2D eigenvalue weighted by molar-refractivity contribution is 7.12. The molecule has 5 heteroatoms. The predicted molar refractivity (Wildman–Crippen MR) is 64.3 cm³/mol. The number of nitrogens with zero attached hydrogens (tertiary/aromatic N) is 2. The Morgan fingerprint density at radius 3 is 2.62 bits per heavy atom. The maximum Gasteiger partial charge on any atom is 0.284 e. The molecule has 16 heavy (non-hydrogen) atoms. The minimum Gasteiger partial charge on any atom is -0.266 e. The Kier molecular flexibility index (Phi) is 2.98. The third-order valence-electron chi connectivity index (χ3n) is 2.19. The molecule has 1 aromatic carbocycles. The van der Waals surface area contributed by atoms with Gasteiger partial charge in [-0.1, -0.05) is 18.2 Å². The summed E-state index contributed by atoms with van der Waals surface area (Å²) in [6.45, 7) is 1.79. The van der Waals surface area contributed by atoms with Gasteiger partial charge in [-0.15, -0.1) is 11.3 Å². The molecule has 2 aromatic rings. The van der Waals surface area contributed by atoms with Crippen LogP contribution in [-0.4, -0.2) is 10.9 Å². The van der Waals surface area contributed by atoms with Gasteiger partial charge in [0.05, 0.1) is 16.9 Å². The van der Waals surface area contributed by atoms with E-state index >= 15 is 0 Å². The van der Waals surface area contributed by atoms with Crippen molar-refractivity contribution in [2.45, 2.75) is 6.92 Å². The molecule has 0 radical (unpaired) electrons. The maximum absolute atomic E-state index is 12.0. The first-order chi connectivity index (χ1) is 7.70. The number of amides is 1. The fourth-order valence-electron chi connectivity index (χ4n) is 1.32. The average Bonchev–Trinajstić information content (AvgIpc) is 2.75. The van der Waals surface area contributed by atoms with Crippen molar-refractivity contribution in [2.24, 2.45) is 5.84 Å². The number of hydrogen-bond acceptors (Lipinski definition) is 4. The van der Waals surface area contributed by atoms with E-state index in [1.165, 1.54) is 11.3 Å². The van der Waals surface area contributed by atoms with E-state index in [1.54, 1.807) is 24.6 Å². The largest absolute Gasteiger partial charge is 0.284 e. The average molecular weight is 233 g/mol. The van der Waals surface area contributed by atoms with Crippen LogP contribution in [0.3, 0.4) is 0 Å². The summed E-state index contributed by atoms with van der Waals surface area (Å²) < 4.78 is 0. The van der Waals surface area contributed by atoms with E-state index < -0.39 is 0 Å². The molecule has 0 aliphatic carbocycles. The molecule has 1 aromatic heterocycles. The van der Waals surface area contributed by atoms with Crippen LogP contribution in [0.1, 0.15) is 15.4 Å². The number of aromatic nitrogens is 1. The van der Waals surface area contributed by atoms with Crippen LogP contribution in [0.4, 0.5) is 5.69 Å². The summed E-state index contributed by atoms with van der Waals surface area (Å²) in [5, 5.41) is 1.14. The van der Waals surface area contributed by atoms with Crippen LogP contribution in [0.25, 0.3) is 0 Å². The first-order valence-electron chi connectivity index (χ1n) is 4.74. The Labute approximate surface area is 97.3 Å². The second-order valence-corrected chi connectivity index (χ2v) is 4.13. The van der Waals surface area contributed by atoms with Gasteiger partial charge in [0, 0.05) is 0 Å². The van der Waals surface area contributed by atoms with E-state index in [1.807, 2.05) is 18.2 Å². The van der Waals surface area contributed by atoms with Gasteiger partial charge in [0.25, 0.3) is 5.91 Å². The summed E-state index contributed by atoms with van der Waals surface area (Å²) in [4.78, 5) is 16.6. The number of para-hydroxylation sites is 1. The molecule has 4 nitrogen and oxygen atoms in total. The Bertz CT molecular complexity index is 495. The number of rotatable bonds is 2. The van der Waals surface area contributed by atoms with Crippen molar-refractivity contribution >= 4 is 22.9 Å². The molecule has 0 unspecified atom stereocenters. The van der Waals surface area contributed by atoms with E-state index in [0.29, 0.717) is 16.3 Å². The Morgan fingerprint density at radius 2 is 2.06 bits per heavy atom. The minimum absolute atomic E-state index is 0.230. The lowest BCUT2D eigenvalue weighted by Gasteiger charge is -2.15. The lowest BCUT2D eigenvalue weighted by atomic mass is 10.3. The van der Waals surface area contributed by atoms with Gasteiger partial charge in [0.15, 0.2) is 0 Å². The molecule has 1 heterocycles. The third-order valence-corrected chi connectivity index (χ3v) is 3.11. The van der Waals surface area contributed by atoms with Gasteiger partial charge in [-0.3, -0.25) is 4.79 Å². The van der Waals surface area contributed by atoms with Gasteiger partial charge in [0.1, 0.15) is 4.88 Å². The summed E-state index contributed by atoms with van der Waals surface area (Å²) >= 11 is 1.30. The van der Waals surface area contributed by atoms with E-state index in [2.05, 4.69) is 4.98 Å². The van der Waals surface area contributed by atoms with Gasteiger partial charge in [0.2, 0.25) is 0 Å². The van der Waals surface area contributed by atoms with Gasteiger partial charge in [-0.05, 0) is 19.1 Å². The monoisotopic (exact) mass is 233 g/mol. The van der Waals surface area contributed by atoms with Crippen molar-refractivity contribution in [2.75, 3.05) is 5.01 Å². The van der Waals surface area contributed by atoms with Crippen molar-refractivity contribution < 1.29 is 4.79 Å². The zero-order valence-electron chi connectivity index (χ0n) is 8.75. The number of carbonyl (C=O) groups excluding carboxylic acids is 1. The lowest BCUT2D eigenvalue weighted by Crippen LogP contribution is -2.37. The molecule has 0 aliphatic rings. The molecule has 0 spiro atoms. The molecule has 0 bridgehead atoms. The number of hydrazine groups is 1. The highest BCUT2D eigenvalue weighted by atomic mass is 32.1. The zero-order valence-corrected chi connectivity index (χ0v) is 9.57. The summed E-state index contributed by atoms with van der Waals surface area (Å²) in [6.07, 6.45) is 0. The fourth-order valence-corrected chi connectivity index (χ4v) is 2.06. The summed E-state index contributed by atoms with van der Waals surface area (Å²) in [5.74, 6) is 5.53. The number of aryl methyl sites for hydroxylation is 1. The van der Waals surface area contributed by atoms with Crippen LogP contribution in [-0.2, 0) is 0 Å².